The quantitative estimate of drug-likeness (QED) is 0.563. The van der Waals surface area contributed by atoms with Crippen LogP contribution in [0.25, 0.3) is 11.0 Å². The highest BCUT2D eigenvalue weighted by atomic mass is 16.6. The van der Waals surface area contributed by atoms with Crippen molar-refractivity contribution in [3.8, 4) is 5.75 Å². The minimum Gasteiger partial charge on any atom is -0.494 e. The van der Waals surface area contributed by atoms with Crippen LogP contribution in [0, 0.1) is 10.1 Å². The number of benzene rings is 1. The molecule has 15 heavy (non-hydrogen) atoms. The Morgan fingerprint density at radius 3 is 2.73 bits per heavy atom. The van der Waals surface area contributed by atoms with Gasteiger partial charge in [-0.2, -0.15) is 0 Å². The number of nitrogens with zero attached hydrogens (tertiary/aromatic N) is 1. The molecule has 0 aliphatic carbocycles. The summed E-state index contributed by atoms with van der Waals surface area (Å²) in [6, 6.07) is 2.53. The van der Waals surface area contributed by atoms with Crippen LogP contribution in [-0.2, 0) is 0 Å². The van der Waals surface area contributed by atoms with Gasteiger partial charge in [0, 0.05) is 6.07 Å². The number of H-pyrrole nitrogens is 2. The van der Waals surface area contributed by atoms with E-state index in [-0.39, 0.29) is 11.4 Å². The molecule has 0 saturated carbocycles. The third-order valence-electron chi connectivity index (χ3n) is 2.00. The molecule has 7 heteroatoms. The van der Waals surface area contributed by atoms with Gasteiger partial charge in [0.1, 0.15) is 5.52 Å². The number of imidazole rings is 1. The molecule has 0 aliphatic heterocycles. The van der Waals surface area contributed by atoms with E-state index in [1.165, 1.54) is 19.2 Å². The van der Waals surface area contributed by atoms with Crippen molar-refractivity contribution in [1.82, 2.24) is 9.97 Å². The van der Waals surface area contributed by atoms with Crippen LogP contribution in [0.1, 0.15) is 0 Å². The van der Waals surface area contributed by atoms with Gasteiger partial charge in [-0.15, -0.1) is 0 Å². The maximum atomic E-state index is 11.0. The van der Waals surface area contributed by atoms with E-state index >= 15 is 0 Å². The molecule has 2 aromatic rings. The first-order chi connectivity index (χ1) is 7.11. The number of hydrogen-bond donors (Lipinski definition) is 2. The third kappa shape index (κ3) is 1.43. The second-order valence-corrected chi connectivity index (χ2v) is 2.91. The normalized spacial score (nSPS) is 10.5. The highest BCUT2D eigenvalue weighted by Crippen LogP contribution is 2.27. The highest BCUT2D eigenvalue weighted by molar-refractivity contribution is 5.83. The Morgan fingerprint density at radius 1 is 1.40 bits per heavy atom. The molecule has 0 amide bonds. The van der Waals surface area contributed by atoms with Crippen molar-refractivity contribution in [1.29, 1.82) is 0 Å². The number of fused-ring (bicyclic) bond motifs is 1. The van der Waals surface area contributed by atoms with Crippen molar-refractivity contribution >= 4 is 16.7 Å². The zero-order valence-corrected chi connectivity index (χ0v) is 7.73. The van der Waals surface area contributed by atoms with Gasteiger partial charge in [-0.1, -0.05) is 0 Å². The predicted octanol–water partition coefficient (Wildman–Crippen LogP) is 0.773. The second-order valence-electron chi connectivity index (χ2n) is 2.91. The van der Waals surface area contributed by atoms with Gasteiger partial charge in [-0.05, 0) is 0 Å². The van der Waals surface area contributed by atoms with Crippen molar-refractivity contribution < 1.29 is 9.66 Å². The molecule has 0 bridgehead atoms. The first-order valence-electron chi connectivity index (χ1n) is 4.06. The summed E-state index contributed by atoms with van der Waals surface area (Å²) in [5.74, 6) is 0.262. The maximum Gasteiger partial charge on any atom is 0.323 e. The van der Waals surface area contributed by atoms with Gasteiger partial charge < -0.3 is 14.7 Å². The summed E-state index contributed by atoms with van der Waals surface area (Å²) in [7, 11) is 1.38. The fourth-order valence-electron chi connectivity index (χ4n) is 1.36. The molecule has 0 radical (unpaired) electrons. The van der Waals surface area contributed by atoms with E-state index in [9.17, 15) is 14.9 Å². The number of ether oxygens (including phenoxy) is 1. The average molecular weight is 209 g/mol. The number of methoxy groups -OCH3 is 1. The molecular weight excluding hydrogens is 202 g/mol. The topological polar surface area (TPSA) is 101 Å². The highest BCUT2D eigenvalue weighted by Gasteiger charge is 2.13. The molecule has 2 N–H and O–H groups in total. The molecule has 1 aromatic heterocycles. The molecule has 78 valence electrons. The van der Waals surface area contributed by atoms with Gasteiger partial charge in [-0.25, -0.2) is 4.79 Å². The first-order valence-corrected chi connectivity index (χ1v) is 4.06. The molecule has 1 aromatic carbocycles. The van der Waals surface area contributed by atoms with Crippen molar-refractivity contribution in [2.75, 3.05) is 7.11 Å². The summed E-state index contributed by atoms with van der Waals surface area (Å²) < 4.78 is 4.94. The van der Waals surface area contributed by atoms with Crippen LogP contribution in [-0.4, -0.2) is 22.0 Å². The number of nitro groups is 1. The van der Waals surface area contributed by atoms with Gasteiger partial charge in [0.05, 0.1) is 23.6 Å². The molecule has 0 spiro atoms. The van der Waals surface area contributed by atoms with E-state index < -0.39 is 10.6 Å². The van der Waals surface area contributed by atoms with Crippen LogP contribution in [0.3, 0.4) is 0 Å². The van der Waals surface area contributed by atoms with E-state index in [1.54, 1.807) is 0 Å². The van der Waals surface area contributed by atoms with Crippen LogP contribution in [0.2, 0.25) is 0 Å². The Morgan fingerprint density at radius 2 is 2.13 bits per heavy atom. The van der Waals surface area contributed by atoms with Gasteiger partial charge in [-0.3, -0.25) is 10.1 Å². The lowest BCUT2D eigenvalue weighted by atomic mass is 10.2. The Balaban J connectivity index is 2.81. The average Bonchev–Trinajstić information content (AvgIpc) is 2.56. The molecule has 0 saturated heterocycles. The van der Waals surface area contributed by atoms with Gasteiger partial charge in [0.15, 0.2) is 5.75 Å². The number of aromatic amines is 2. The Labute approximate surface area is 82.8 Å². The molecule has 0 unspecified atom stereocenters. The van der Waals surface area contributed by atoms with Crippen LogP contribution in [0.15, 0.2) is 16.9 Å². The SMILES string of the molecule is COc1cc([N+](=O)[O-])cc2[nH]c(=O)[nH]c12. The van der Waals surface area contributed by atoms with Crippen molar-refractivity contribution in [2.45, 2.75) is 0 Å². The van der Waals surface area contributed by atoms with Gasteiger partial charge in [0.25, 0.3) is 5.69 Å². The summed E-state index contributed by atoms with van der Waals surface area (Å²) in [5.41, 5.74) is 0.220. The predicted molar refractivity (Wildman–Crippen MR) is 52.1 cm³/mol. The summed E-state index contributed by atoms with van der Waals surface area (Å²) in [4.78, 5) is 25.9. The second kappa shape index (κ2) is 3.12. The number of hydrogen-bond acceptors (Lipinski definition) is 4. The van der Waals surface area contributed by atoms with Crippen molar-refractivity contribution in [3.05, 3.63) is 32.7 Å². The smallest absolute Gasteiger partial charge is 0.323 e. The fraction of sp³-hybridized carbons (Fsp3) is 0.125. The Bertz CT molecular complexity index is 583. The minimum atomic E-state index is -0.548. The minimum absolute atomic E-state index is 0.130. The molecule has 0 aliphatic rings. The summed E-state index contributed by atoms with van der Waals surface area (Å²) in [5, 5.41) is 10.6. The fourth-order valence-corrected chi connectivity index (χ4v) is 1.36. The van der Waals surface area contributed by atoms with E-state index in [2.05, 4.69) is 9.97 Å². The lowest BCUT2D eigenvalue weighted by molar-refractivity contribution is -0.384. The van der Waals surface area contributed by atoms with Gasteiger partial charge in [0.2, 0.25) is 0 Å². The summed E-state index contributed by atoms with van der Waals surface area (Å²) >= 11 is 0. The van der Waals surface area contributed by atoms with E-state index in [0.29, 0.717) is 11.0 Å². The number of rotatable bonds is 2. The lowest BCUT2D eigenvalue weighted by Gasteiger charge is -2.00. The molecule has 0 fully saturated rings. The standard InChI is InChI=1S/C8H7N3O4/c1-15-6-3-4(11(13)14)2-5-7(6)10-8(12)9-5/h2-3H,1H3,(H2,9,10,12). The lowest BCUT2D eigenvalue weighted by Crippen LogP contribution is -1.99. The molecule has 0 atom stereocenters. The van der Waals surface area contributed by atoms with Crippen LogP contribution in [0.4, 0.5) is 5.69 Å². The van der Waals surface area contributed by atoms with Crippen molar-refractivity contribution in [2.24, 2.45) is 0 Å². The van der Waals surface area contributed by atoms with E-state index in [4.69, 9.17) is 4.74 Å². The first kappa shape index (κ1) is 9.25. The number of non-ortho nitro benzene ring substituents is 1. The monoisotopic (exact) mass is 209 g/mol. The van der Waals surface area contributed by atoms with Crippen LogP contribution < -0.4 is 10.4 Å². The zero-order chi connectivity index (χ0) is 11.0. The molecule has 2 rings (SSSR count). The van der Waals surface area contributed by atoms with E-state index in [1.807, 2.05) is 0 Å². The van der Waals surface area contributed by atoms with Crippen LogP contribution >= 0.6 is 0 Å². The number of nitrogens with one attached hydrogen (secondary N) is 2. The summed E-state index contributed by atoms with van der Waals surface area (Å²) in [6.07, 6.45) is 0. The molecule has 7 nitrogen and oxygen atoms in total. The Hall–Kier alpha value is -2.31. The van der Waals surface area contributed by atoms with E-state index in [0.717, 1.165) is 0 Å². The summed E-state index contributed by atoms with van der Waals surface area (Å²) in [6.45, 7) is 0. The Kier molecular flexibility index (Phi) is 1.93. The van der Waals surface area contributed by atoms with Crippen molar-refractivity contribution in [3.63, 3.8) is 0 Å². The largest absolute Gasteiger partial charge is 0.494 e. The van der Waals surface area contributed by atoms with Crippen LogP contribution in [0.5, 0.6) is 5.75 Å². The van der Waals surface area contributed by atoms with Gasteiger partial charge >= 0.3 is 5.69 Å². The maximum absolute atomic E-state index is 11.0. The number of aromatic nitrogens is 2. The third-order valence-corrected chi connectivity index (χ3v) is 2.00. The zero-order valence-electron chi connectivity index (χ0n) is 7.73. The molecule has 1 heterocycles. The number of nitro benzene ring substituents is 1. The molecular formula is C8H7N3O4.